The van der Waals surface area contributed by atoms with Crippen LogP contribution in [0.2, 0.25) is 0 Å². The first-order valence-electron chi connectivity index (χ1n) is 11.3. The minimum absolute atomic E-state index is 0.680. The molecule has 0 atom stereocenters. The summed E-state index contributed by atoms with van der Waals surface area (Å²) in [6.07, 6.45) is 7.44. The molecule has 0 unspecified atom stereocenters. The average Bonchev–Trinajstić information content (AvgIpc) is 3.51. The third-order valence-electron chi connectivity index (χ3n) is 5.99. The second-order valence-corrected chi connectivity index (χ2v) is 8.22. The van der Waals surface area contributed by atoms with E-state index < -0.39 is 0 Å². The van der Waals surface area contributed by atoms with E-state index in [2.05, 4.69) is 72.7 Å². The van der Waals surface area contributed by atoms with Gasteiger partial charge in [-0.3, -0.25) is 15.1 Å². The molecular weight excluding hydrogens is 422 g/mol. The number of aromatic nitrogens is 6. The first-order chi connectivity index (χ1) is 16.8. The van der Waals surface area contributed by atoms with E-state index >= 15 is 0 Å². The van der Waals surface area contributed by atoms with Crippen LogP contribution in [-0.2, 0) is 6.54 Å². The molecule has 6 rings (SSSR count). The van der Waals surface area contributed by atoms with Gasteiger partial charge in [0.15, 0.2) is 5.65 Å². The zero-order valence-electron chi connectivity index (χ0n) is 18.7. The van der Waals surface area contributed by atoms with Crippen LogP contribution in [0.3, 0.4) is 0 Å². The van der Waals surface area contributed by atoms with E-state index in [1.54, 1.807) is 0 Å². The lowest BCUT2D eigenvalue weighted by molar-refractivity contribution is 0.724. The lowest BCUT2D eigenvalue weighted by atomic mass is 10.0. The van der Waals surface area contributed by atoms with E-state index in [9.17, 15) is 0 Å². The molecule has 5 aromatic heterocycles. The number of hydrogen-bond donors (Lipinski definition) is 3. The summed E-state index contributed by atoms with van der Waals surface area (Å²) in [6, 6.07) is 18.6. The fourth-order valence-corrected chi connectivity index (χ4v) is 4.31. The fraction of sp³-hybridized carbons (Fsp3) is 0.111. The first-order valence-corrected chi connectivity index (χ1v) is 11.3. The maximum absolute atomic E-state index is 4.60. The Labute approximate surface area is 196 Å². The summed E-state index contributed by atoms with van der Waals surface area (Å²) >= 11 is 0. The van der Waals surface area contributed by atoms with Crippen LogP contribution in [0.5, 0.6) is 0 Å². The lowest BCUT2D eigenvalue weighted by Gasteiger charge is -2.06. The van der Waals surface area contributed by atoms with Crippen LogP contribution in [-0.4, -0.2) is 36.7 Å². The largest absolute Gasteiger partial charge is 0.353 e. The minimum Gasteiger partial charge on any atom is -0.353 e. The van der Waals surface area contributed by atoms with E-state index in [0.717, 1.165) is 68.7 Å². The highest BCUT2D eigenvalue weighted by molar-refractivity contribution is 6.00. The summed E-state index contributed by atoms with van der Waals surface area (Å²) in [5.74, 6) is 0. The molecule has 0 amide bonds. The summed E-state index contributed by atoms with van der Waals surface area (Å²) in [4.78, 5) is 17.1. The van der Waals surface area contributed by atoms with Crippen LogP contribution in [0.1, 0.15) is 12.5 Å². The Morgan fingerprint density at radius 3 is 2.71 bits per heavy atom. The maximum atomic E-state index is 4.60. The van der Waals surface area contributed by atoms with Crippen LogP contribution >= 0.6 is 0 Å². The molecule has 166 valence electrons. The van der Waals surface area contributed by atoms with Gasteiger partial charge in [-0.1, -0.05) is 25.1 Å². The number of rotatable bonds is 6. The van der Waals surface area contributed by atoms with Crippen molar-refractivity contribution in [3.05, 3.63) is 84.9 Å². The molecule has 0 aliphatic heterocycles. The summed E-state index contributed by atoms with van der Waals surface area (Å²) in [7, 11) is 0. The summed E-state index contributed by atoms with van der Waals surface area (Å²) in [5.41, 5.74) is 8.81. The topological polar surface area (TPSA) is 95.2 Å². The first kappa shape index (κ1) is 20.3. The van der Waals surface area contributed by atoms with Gasteiger partial charge in [-0.05, 0) is 48.5 Å². The molecule has 7 heteroatoms. The van der Waals surface area contributed by atoms with Crippen LogP contribution in [0, 0.1) is 0 Å². The predicted molar refractivity (Wildman–Crippen MR) is 135 cm³/mol. The van der Waals surface area contributed by atoms with Crippen LogP contribution < -0.4 is 5.32 Å². The molecule has 0 bridgehead atoms. The molecule has 0 aliphatic rings. The van der Waals surface area contributed by atoms with Crippen molar-refractivity contribution >= 4 is 21.9 Å². The van der Waals surface area contributed by atoms with Crippen molar-refractivity contribution in [2.45, 2.75) is 13.5 Å². The predicted octanol–water partition coefficient (Wildman–Crippen LogP) is 5.34. The van der Waals surface area contributed by atoms with E-state index in [1.807, 2.05) is 49.1 Å². The van der Waals surface area contributed by atoms with Gasteiger partial charge in [0.05, 0.1) is 17.1 Å². The summed E-state index contributed by atoms with van der Waals surface area (Å²) in [6.45, 7) is 3.80. The van der Waals surface area contributed by atoms with Crippen molar-refractivity contribution in [1.29, 1.82) is 0 Å². The van der Waals surface area contributed by atoms with Crippen molar-refractivity contribution < 1.29 is 0 Å². The molecule has 0 saturated carbocycles. The van der Waals surface area contributed by atoms with Gasteiger partial charge in [-0.15, -0.1) is 0 Å². The van der Waals surface area contributed by atoms with Crippen molar-refractivity contribution in [3.8, 4) is 33.8 Å². The standard InChI is InChI=1S/C27H23N7/c1-2-28-13-17-10-18(15-29-14-17)19-11-22-26(33-34-27(22)31-16-19)25-12-21-20(6-5-8-24(21)32-25)23-7-3-4-9-30-23/h3-12,14-16,28,32H,2,13H2,1H3,(H,31,33,34). The van der Waals surface area contributed by atoms with Gasteiger partial charge in [0.25, 0.3) is 0 Å². The van der Waals surface area contributed by atoms with Gasteiger partial charge in [-0.2, -0.15) is 5.10 Å². The van der Waals surface area contributed by atoms with E-state index in [0.29, 0.717) is 5.65 Å². The Morgan fingerprint density at radius 2 is 1.82 bits per heavy atom. The molecule has 5 heterocycles. The van der Waals surface area contributed by atoms with E-state index in [1.165, 1.54) is 0 Å². The summed E-state index contributed by atoms with van der Waals surface area (Å²) in [5, 5.41) is 13.0. The van der Waals surface area contributed by atoms with Gasteiger partial charge in [0, 0.05) is 64.3 Å². The molecule has 0 spiro atoms. The second kappa shape index (κ2) is 8.53. The Balaban J connectivity index is 1.44. The highest BCUT2D eigenvalue weighted by atomic mass is 15.2. The molecule has 1 aromatic carbocycles. The van der Waals surface area contributed by atoms with E-state index in [4.69, 9.17) is 0 Å². The highest BCUT2D eigenvalue weighted by Crippen LogP contribution is 2.34. The van der Waals surface area contributed by atoms with Crippen molar-refractivity contribution in [2.75, 3.05) is 6.54 Å². The normalized spacial score (nSPS) is 11.4. The number of hydrogen-bond acceptors (Lipinski definition) is 5. The molecule has 7 nitrogen and oxygen atoms in total. The van der Waals surface area contributed by atoms with Gasteiger partial charge >= 0.3 is 0 Å². The zero-order valence-corrected chi connectivity index (χ0v) is 18.7. The minimum atomic E-state index is 0.680. The third-order valence-corrected chi connectivity index (χ3v) is 5.99. The quantitative estimate of drug-likeness (QED) is 0.322. The molecule has 0 aliphatic carbocycles. The molecule has 3 N–H and O–H groups in total. The van der Waals surface area contributed by atoms with Gasteiger partial charge in [0.2, 0.25) is 0 Å². The lowest BCUT2D eigenvalue weighted by Crippen LogP contribution is -2.11. The van der Waals surface area contributed by atoms with Crippen LogP contribution in [0.15, 0.2) is 79.4 Å². The molecule has 34 heavy (non-hydrogen) atoms. The third kappa shape index (κ3) is 3.62. The molecule has 0 saturated heterocycles. The number of H-pyrrole nitrogens is 2. The van der Waals surface area contributed by atoms with E-state index in [-0.39, 0.29) is 0 Å². The average molecular weight is 446 g/mol. The number of nitrogens with zero attached hydrogens (tertiary/aromatic N) is 4. The number of fused-ring (bicyclic) bond motifs is 2. The molecule has 6 aromatic rings. The summed E-state index contributed by atoms with van der Waals surface area (Å²) < 4.78 is 0. The second-order valence-electron chi connectivity index (χ2n) is 8.22. The fourth-order valence-electron chi connectivity index (χ4n) is 4.31. The SMILES string of the molecule is CCNCc1cncc(-c2cnc3n[nH]c(-c4cc5c(-c6ccccn6)cccc5[nH]4)c3c2)c1. The Kier molecular flexibility index (Phi) is 5.08. The Morgan fingerprint density at radius 1 is 0.882 bits per heavy atom. The monoisotopic (exact) mass is 445 g/mol. The molecule has 0 radical (unpaired) electrons. The van der Waals surface area contributed by atoms with Crippen molar-refractivity contribution in [2.24, 2.45) is 0 Å². The number of benzene rings is 1. The smallest absolute Gasteiger partial charge is 0.181 e. The highest BCUT2D eigenvalue weighted by Gasteiger charge is 2.15. The number of aromatic amines is 2. The van der Waals surface area contributed by atoms with Gasteiger partial charge in [0.1, 0.15) is 0 Å². The Hall–Kier alpha value is -4.36. The van der Waals surface area contributed by atoms with Crippen molar-refractivity contribution in [3.63, 3.8) is 0 Å². The van der Waals surface area contributed by atoms with Crippen molar-refractivity contribution in [1.82, 2.24) is 35.5 Å². The number of pyridine rings is 3. The van der Waals surface area contributed by atoms with Gasteiger partial charge < -0.3 is 10.3 Å². The maximum Gasteiger partial charge on any atom is 0.181 e. The van der Waals surface area contributed by atoms with Gasteiger partial charge in [-0.25, -0.2) is 4.98 Å². The number of nitrogens with one attached hydrogen (secondary N) is 3. The zero-order chi connectivity index (χ0) is 22.9. The molecule has 0 fully saturated rings. The van der Waals surface area contributed by atoms with Crippen LogP contribution in [0.25, 0.3) is 55.7 Å². The molecular formula is C27H23N7. The van der Waals surface area contributed by atoms with Crippen LogP contribution in [0.4, 0.5) is 0 Å². The Bertz CT molecular complexity index is 1600.